The lowest BCUT2D eigenvalue weighted by atomic mass is 10.3. The Kier molecular flexibility index (Phi) is 4.15. The van der Waals surface area contributed by atoms with Crippen molar-refractivity contribution >= 4 is 27.3 Å². The highest BCUT2D eigenvalue weighted by Crippen LogP contribution is 2.27. The van der Waals surface area contributed by atoms with Crippen LogP contribution in [0.2, 0.25) is 5.15 Å². The number of methoxy groups -OCH3 is 1. The van der Waals surface area contributed by atoms with Crippen LogP contribution < -0.4 is 9.46 Å². The summed E-state index contributed by atoms with van der Waals surface area (Å²) in [4.78, 5) is 3.95. The van der Waals surface area contributed by atoms with Gasteiger partial charge in [-0.1, -0.05) is 23.7 Å². The number of nitrogens with one attached hydrogen (secondary N) is 1. The minimum Gasteiger partial charge on any atom is -0.495 e. The SMILES string of the molecule is COc1ccccc1S(=O)(=O)Nc1cc(C)cnc1Cl. The molecule has 0 bridgehead atoms. The van der Waals surface area contributed by atoms with Crippen LogP contribution in [-0.4, -0.2) is 20.5 Å². The van der Waals surface area contributed by atoms with Crippen molar-refractivity contribution in [1.82, 2.24) is 4.98 Å². The first-order valence-corrected chi connectivity index (χ1v) is 7.58. The second-order valence-corrected chi connectivity index (χ2v) is 6.12. The molecule has 0 saturated carbocycles. The second-order valence-electron chi connectivity index (χ2n) is 4.11. The number of para-hydroxylation sites is 1. The van der Waals surface area contributed by atoms with Gasteiger partial charge in [0.2, 0.25) is 0 Å². The molecule has 0 aliphatic carbocycles. The first-order chi connectivity index (χ1) is 9.44. The van der Waals surface area contributed by atoms with Crippen molar-refractivity contribution in [1.29, 1.82) is 0 Å². The average molecular weight is 313 g/mol. The number of hydrogen-bond donors (Lipinski definition) is 1. The van der Waals surface area contributed by atoms with Gasteiger partial charge in [-0.05, 0) is 30.7 Å². The maximum absolute atomic E-state index is 12.4. The lowest BCUT2D eigenvalue weighted by Gasteiger charge is -2.12. The van der Waals surface area contributed by atoms with E-state index in [-0.39, 0.29) is 21.5 Å². The zero-order valence-electron chi connectivity index (χ0n) is 10.9. The summed E-state index contributed by atoms with van der Waals surface area (Å²) in [6.45, 7) is 1.80. The molecule has 5 nitrogen and oxygen atoms in total. The van der Waals surface area contributed by atoms with Crippen molar-refractivity contribution in [3.8, 4) is 5.75 Å². The van der Waals surface area contributed by atoms with E-state index >= 15 is 0 Å². The summed E-state index contributed by atoms with van der Waals surface area (Å²) >= 11 is 5.89. The van der Waals surface area contributed by atoms with E-state index in [0.717, 1.165) is 5.56 Å². The number of benzene rings is 1. The molecule has 20 heavy (non-hydrogen) atoms. The third kappa shape index (κ3) is 3.02. The Bertz CT molecular complexity index is 732. The summed E-state index contributed by atoms with van der Waals surface area (Å²) < 4.78 is 32.2. The summed E-state index contributed by atoms with van der Waals surface area (Å²) in [5.74, 6) is 0.261. The van der Waals surface area contributed by atoms with Crippen LogP contribution in [0.25, 0.3) is 0 Å². The van der Waals surface area contributed by atoms with Gasteiger partial charge >= 0.3 is 0 Å². The Hall–Kier alpha value is -1.79. The standard InChI is InChI=1S/C13H13ClN2O3S/c1-9-7-10(13(14)15-8-9)16-20(17,18)12-6-4-3-5-11(12)19-2/h3-8,16H,1-2H3. The topological polar surface area (TPSA) is 68.3 Å². The fourth-order valence-electron chi connectivity index (χ4n) is 1.66. The van der Waals surface area contributed by atoms with Gasteiger partial charge in [0, 0.05) is 6.20 Å². The molecule has 0 saturated heterocycles. The van der Waals surface area contributed by atoms with E-state index in [9.17, 15) is 8.42 Å². The minimum absolute atomic E-state index is 0.0417. The summed E-state index contributed by atoms with van der Waals surface area (Å²) in [7, 11) is -2.38. The first-order valence-electron chi connectivity index (χ1n) is 5.72. The highest BCUT2D eigenvalue weighted by atomic mass is 35.5. The molecule has 2 rings (SSSR count). The molecule has 0 amide bonds. The summed E-state index contributed by atoms with van der Waals surface area (Å²) in [5, 5.41) is 0.0917. The highest BCUT2D eigenvalue weighted by Gasteiger charge is 2.20. The molecule has 2 aromatic rings. The molecule has 0 fully saturated rings. The zero-order valence-corrected chi connectivity index (χ0v) is 12.5. The normalized spacial score (nSPS) is 11.2. The molecule has 0 radical (unpaired) electrons. The van der Waals surface area contributed by atoms with Gasteiger partial charge in [0.25, 0.3) is 10.0 Å². The summed E-state index contributed by atoms with van der Waals surface area (Å²) in [5.41, 5.74) is 1.03. The maximum Gasteiger partial charge on any atom is 0.265 e. The van der Waals surface area contributed by atoms with Gasteiger partial charge in [-0.2, -0.15) is 0 Å². The van der Waals surface area contributed by atoms with E-state index in [4.69, 9.17) is 16.3 Å². The Morgan fingerprint density at radius 1 is 1.30 bits per heavy atom. The molecule has 1 heterocycles. The van der Waals surface area contributed by atoms with Crippen LogP contribution in [0.15, 0.2) is 41.4 Å². The van der Waals surface area contributed by atoms with Crippen molar-refractivity contribution in [2.75, 3.05) is 11.8 Å². The van der Waals surface area contributed by atoms with E-state index < -0.39 is 10.0 Å². The van der Waals surface area contributed by atoms with Gasteiger partial charge in [0.15, 0.2) is 5.15 Å². The molecule has 1 aromatic heterocycles. The largest absolute Gasteiger partial charge is 0.495 e. The van der Waals surface area contributed by atoms with Gasteiger partial charge < -0.3 is 4.74 Å². The molecule has 0 aliphatic heterocycles. The van der Waals surface area contributed by atoms with Gasteiger partial charge in [0.05, 0.1) is 12.8 Å². The smallest absolute Gasteiger partial charge is 0.265 e. The third-order valence-electron chi connectivity index (χ3n) is 2.58. The number of aryl methyl sites for hydroxylation is 1. The van der Waals surface area contributed by atoms with Crippen LogP contribution in [-0.2, 0) is 10.0 Å². The molecule has 106 valence electrons. The Morgan fingerprint density at radius 3 is 2.70 bits per heavy atom. The lowest BCUT2D eigenvalue weighted by Crippen LogP contribution is -2.14. The van der Waals surface area contributed by atoms with Gasteiger partial charge in [-0.15, -0.1) is 0 Å². The van der Waals surface area contributed by atoms with Gasteiger partial charge in [0.1, 0.15) is 10.6 Å². The lowest BCUT2D eigenvalue weighted by molar-refractivity contribution is 0.403. The second kappa shape index (κ2) is 5.68. The van der Waals surface area contributed by atoms with Crippen LogP contribution in [0.5, 0.6) is 5.75 Å². The number of ether oxygens (including phenoxy) is 1. The molecule has 0 unspecified atom stereocenters. The predicted molar refractivity (Wildman–Crippen MR) is 77.8 cm³/mol. The van der Waals surface area contributed by atoms with Crippen LogP contribution in [0.3, 0.4) is 0 Å². The van der Waals surface area contributed by atoms with Crippen LogP contribution in [0, 0.1) is 6.92 Å². The van der Waals surface area contributed by atoms with E-state index in [1.54, 1.807) is 37.4 Å². The van der Waals surface area contributed by atoms with Gasteiger partial charge in [-0.25, -0.2) is 13.4 Å². The zero-order chi connectivity index (χ0) is 14.8. The number of anilines is 1. The van der Waals surface area contributed by atoms with E-state index in [2.05, 4.69) is 9.71 Å². The Balaban J connectivity index is 2.43. The maximum atomic E-state index is 12.4. The number of hydrogen-bond acceptors (Lipinski definition) is 4. The van der Waals surface area contributed by atoms with Crippen molar-refractivity contribution in [3.05, 3.63) is 47.2 Å². The number of aromatic nitrogens is 1. The Morgan fingerprint density at radius 2 is 2.00 bits per heavy atom. The molecule has 1 aromatic carbocycles. The van der Waals surface area contributed by atoms with E-state index in [1.165, 1.54) is 13.2 Å². The fraction of sp³-hybridized carbons (Fsp3) is 0.154. The third-order valence-corrected chi connectivity index (χ3v) is 4.28. The molecule has 0 spiro atoms. The molecule has 0 aliphatic rings. The Labute approximate surface area is 122 Å². The minimum atomic E-state index is -3.79. The van der Waals surface area contributed by atoms with E-state index in [0.29, 0.717) is 0 Å². The summed E-state index contributed by atoms with van der Waals surface area (Å²) in [6, 6.07) is 7.96. The van der Waals surface area contributed by atoms with Crippen molar-refractivity contribution in [2.45, 2.75) is 11.8 Å². The molecular weight excluding hydrogens is 300 g/mol. The van der Waals surface area contributed by atoms with Crippen LogP contribution in [0.1, 0.15) is 5.56 Å². The monoisotopic (exact) mass is 312 g/mol. The highest BCUT2D eigenvalue weighted by molar-refractivity contribution is 7.92. The number of sulfonamides is 1. The molecule has 7 heteroatoms. The van der Waals surface area contributed by atoms with Crippen molar-refractivity contribution in [3.63, 3.8) is 0 Å². The van der Waals surface area contributed by atoms with Crippen LogP contribution in [0.4, 0.5) is 5.69 Å². The number of pyridine rings is 1. The van der Waals surface area contributed by atoms with Gasteiger partial charge in [-0.3, -0.25) is 4.72 Å². The number of nitrogens with zero attached hydrogens (tertiary/aromatic N) is 1. The number of rotatable bonds is 4. The first kappa shape index (κ1) is 14.6. The summed E-state index contributed by atoms with van der Waals surface area (Å²) in [6.07, 6.45) is 1.56. The molecule has 1 N–H and O–H groups in total. The van der Waals surface area contributed by atoms with E-state index in [1.807, 2.05) is 0 Å². The molecular formula is C13H13ClN2O3S. The predicted octanol–water partition coefficient (Wildman–Crippen LogP) is 2.85. The van der Waals surface area contributed by atoms with Crippen molar-refractivity contribution in [2.24, 2.45) is 0 Å². The van der Waals surface area contributed by atoms with Crippen LogP contribution >= 0.6 is 11.6 Å². The average Bonchev–Trinajstić information content (AvgIpc) is 2.42. The number of halogens is 1. The van der Waals surface area contributed by atoms with Crippen molar-refractivity contribution < 1.29 is 13.2 Å². The molecule has 0 atom stereocenters. The fourth-order valence-corrected chi connectivity index (χ4v) is 3.10. The quantitative estimate of drug-likeness (QED) is 0.881.